The zero-order valence-corrected chi connectivity index (χ0v) is 10.2. The number of phenolic OH excluding ortho intramolecular Hbond substituents is 1. The Balaban J connectivity index is 1.97. The van der Waals surface area contributed by atoms with Crippen LogP contribution in [0.2, 0.25) is 0 Å². The van der Waals surface area contributed by atoms with Gasteiger partial charge in [0.25, 0.3) is 0 Å². The van der Waals surface area contributed by atoms with E-state index >= 15 is 0 Å². The van der Waals surface area contributed by atoms with Crippen LogP contribution in [0.15, 0.2) is 47.0 Å². The summed E-state index contributed by atoms with van der Waals surface area (Å²) in [6.45, 7) is 0. The van der Waals surface area contributed by atoms with Crippen molar-refractivity contribution in [3.63, 3.8) is 0 Å². The van der Waals surface area contributed by atoms with Crippen molar-refractivity contribution in [1.29, 1.82) is 0 Å². The molecule has 0 spiro atoms. The quantitative estimate of drug-likeness (QED) is 0.865. The minimum absolute atomic E-state index is 0.284. The number of benzene rings is 1. The van der Waals surface area contributed by atoms with E-state index < -0.39 is 6.10 Å². The first-order valence-electron chi connectivity index (χ1n) is 5.67. The SMILES string of the molecule is Oc1ccc(CCC2=C(Cl)CC(O)C=C2)cc1. The van der Waals surface area contributed by atoms with Gasteiger partial charge in [-0.15, -0.1) is 0 Å². The molecule has 1 unspecified atom stereocenters. The molecule has 0 fully saturated rings. The third-order valence-corrected chi connectivity index (χ3v) is 3.27. The van der Waals surface area contributed by atoms with Crippen molar-refractivity contribution in [1.82, 2.24) is 0 Å². The largest absolute Gasteiger partial charge is 0.508 e. The van der Waals surface area contributed by atoms with Crippen molar-refractivity contribution in [3.8, 4) is 5.75 Å². The van der Waals surface area contributed by atoms with Gasteiger partial charge < -0.3 is 10.2 Å². The molecule has 0 aliphatic heterocycles. The molecule has 0 saturated carbocycles. The number of halogens is 1. The Morgan fingerprint density at radius 1 is 1.18 bits per heavy atom. The standard InChI is InChI=1S/C14H15ClO2/c15-14-9-13(17)8-5-11(14)4-1-10-2-6-12(16)7-3-10/h2-3,5-8,13,16-17H,1,4,9H2. The fourth-order valence-corrected chi connectivity index (χ4v) is 2.18. The molecule has 0 amide bonds. The maximum absolute atomic E-state index is 9.38. The molecule has 1 aliphatic rings. The van der Waals surface area contributed by atoms with Crippen molar-refractivity contribution in [3.05, 3.63) is 52.6 Å². The van der Waals surface area contributed by atoms with Crippen molar-refractivity contribution >= 4 is 11.6 Å². The lowest BCUT2D eigenvalue weighted by Crippen LogP contribution is -2.07. The van der Waals surface area contributed by atoms with E-state index in [9.17, 15) is 10.2 Å². The summed E-state index contributed by atoms with van der Waals surface area (Å²) in [5, 5.41) is 19.3. The highest BCUT2D eigenvalue weighted by Crippen LogP contribution is 2.26. The van der Waals surface area contributed by atoms with Gasteiger partial charge >= 0.3 is 0 Å². The smallest absolute Gasteiger partial charge is 0.115 e. The Morgan fingerprint density at radius 2 is 1.88 bits per heavy atom. The minimum atomic E-state index is -0.445. The molecule has 2 rings (SSSR count). The Hall–Kier alpha value is -1.25. The van der Waals surface area contributed by atoms with E-state index in [0.717, 1.165) is 23.4 Å². The number of phenols is 1. The summed E-state index contributed by atoms with van der Waals surface area (Å²) >= 11 is 6.10. The minimum Gasteiger partial charge on any atom is -0.508 e. The monoisotopic (exact) mass is 250 g/mol. The Bertz CT molecular complexity index is 446. The van der Waals surface area contributed by atoms with Crippen LogP contribution in [-0.2, 0) is 6.42 Å². The van der Waals surface area contributed by atoms with E-state index in [1.807, 2.05) is 18.2 Å². The molecule has 1 aliphatic carbocycles. The highest BCUT2D eigenvalue weighted by atomic mass is 35.5. The average Bonchev–Trinajstić information content (AvgIpc) is 2.30. The average molecular weight is 251 g/mol. The lowest BCUT2D eigenvalue weighted by atomic mass is 9.98. The topological polar surface area (TPSA) is 40.5 Å². The second-order valence-corrected chi connectivity index (χ2v) is 4.68. The zero-order valence-electron chi connectivity index (χ0n) is 9.44. The second-order valence-electron chi connectivity index (χ2n) is 4.23. The number of rotatable bonds is 3. The van der Waals surface area contributed by atoms with Crippen LogP contribution in [0.25, 0.3) is 0 Å². The van der Waals surface area contributed by atoms with Gasteiger partial charge in [-0.1, -0.05) is 35.9 Å². The third-order valence-electron chi connectivity index (χ3n) is 2.88. The predicted octanol–water partition coefficient (Wildman–Crippen LogP) is 3.14. The highest BCUT2D eigenvalue weighted by Gasteiger charge is 2.12. The first-order valence-corrected chi connectivity index (χ1v) is 6.04. The Morgan fingerprint density at radius 3 is 2.53 bits per heavy atom. The summed E-state index contributed by atoms with van der Waals surface area (Å²) in [5.41, 5.74) is 2.25. The first-order chi connectivity index (χ1) is 8.15. The third kappa shape index (κ3) is 3.35. The fraction of sp³-hybridized carbons (Fsp3) is 0.286. The summed E-state index contributed by atoms with van der Waals surface area (Å²) in [7, 11) is 0. The van der Waals surface area contributed by atoms with Crippen molar-refractivity contribution in [2.24, 2.45) is 0 Å². The molecule has 3 heteroatoms. The molecule has 0 aromatic heterocycles. The van der Waals surface area contributed by atoms with Crippen LogP contribution < -0.4 is 0 Å². The van der Waals surface area contributed by atoms with Gasteiger partial charge in [0.1, 0.15) is 5.75 Å². The summed E-state index contributed by atoms with van der Waals surface area (Å²) < 4.78 is 0. The molecule has 0 saturated heterocycles. The van der Waals surface area contributed by atoms with Crippen molar-refractivity contribution in [2.45, 2.75) is 25.4 Å². The number of aromatic hydroxyl groups is 1. The summed E-state index contributed by atoms with van der Waals surface area (Å²) in [5.74, 6) is 0.284. The lowest BCUT2D eigenvalue weighted by Gasteiger charge is -2.14. The van der Waals surface area contributed by atoms with E-state index in [4.69, 9.17) is 11.6 Å². The number of aliphatic hydroxyl groups excluding tert-OH is 1. The van der Waals surface area contributed by atoms with E-state index in [1.165, 1.54) is 5.56 Å². The van der Waals surface area contributed by atoms with Crippen LogP contribution in [0.5, 0.6) is 5.75 Å². The summed E-state index contributed by atoms with van der Waals surface area (Å²) in [4.78, 5) is 0. The number of aryl methyl sites for hydroxylation is 1. The van der Waals surface area contributed by atoms with Gasteiger partial charge in [0, 0.05) is 11.5 Å². The van der Waals surface area contributed by atoms with Crippen LogP contribution >= 0.6 is 11.6 Å². The van der Waals surface area contributed by atoms with Crippen LogP contribution in [0.1, 0.15) is 18.4 Å². The molecule has 1 aromatic rings. The normalized spacial score (nSPS) is 19.8. The lowest BCUT2D eigenvalue weighted by molar-refractivity contribution is 0.223. The molecular weight excluding hydrogens is 236 g/mol. The van der Waals surface area contributed by atoms with E-state index in [1.54, 1.807) is 18.2 Å². The predicted molar refractivity (Wildman–Crippen MR) is 69.1 cm³/mol. The number of allylic oxidation sites excluding steroid dienone is 2. The van der Waals surface area contributed by atoms with Gasteiger partial charge in [-0.25, -0.2) is 0 Å². The summed E-state index contributed by atoms with van der Waals surface area (Å²) in [6.07, 6.45) is 5.48. The van der Waals surface area contributed by atoms with Crippen LogP contribution in [0, 0.1) is 0 Å². The van der Waals surface area contributed by atoms with Gasteiger partial charge in [0.2, 0.25) is 0 Å². The van der Waals surface area contributed by atoms with Crippen LogP contribution in [0.3, 0.4) is 0 Å². The van der Waals surface area contributed by atoms with Gasteiger partial charge in [0.15, 0.2) is 0 Å². The van der Waals surface area contributed by atoms with Crippen LogP contribution in [-0.4, -0.2) is 16.3 Å². The number of hydrogen-bond acceptors (Lipinski definition) is 2. The number of hydrogen-bond donors (Lipinski definition) is 2. The van der Waals surface area contributed by atoms with Gasteiger partial charge in [-0.3, -0.25) is 0 Å². The van der Waals surface area contributed by atoms with E-state index in [-0.39, 0.29) is 5.75 Å². The molecule has 0 radical (unpaired) electrons. The summed E-state index contributed by atoms with van der Waals surface area (Å²) in [6, 6.07) is 7.19. The molecule has 1 atom stereocenters. The Kier molecular flexibility index (Phi) is 3.87. The van der Waals surface area contributed by atoms with Gasteiger partial charge in [-0.2, -0.15) is 0 Å². The maximum atomic E-state index is 9.38. The molecule has 2 nitrogen and oxygen atoms in total. The van der Waals surface area contributed by atoms with E-state index in [2.05, 4.69) is 0 Å². The van der Waals surface area contributed by atoms with Crippen LogP contribution in [0.4, 0.5) is 0 Å². The highest BCUT2D eigenvalue weighted by molar-refractivity contribution is 6.30. The molecule has 0 heterocycles. The molecule has 17 heavy (non-hydrogen) atoms. The van der Waals surface area contributed by atoms with Crippen molar-refractivity contribution < 1.29 is 10.2 Å². The number of aliphatic hydroxyl groups is 1. The molecule has 1 aromatic carbocycles. The molecule has 2 N–H and O–H groups in total. The van der Waals surface area contributed by atoms with Crippen molar-refractivity contribution in [2.75, 3.05) is 0 Å². The Labute approximate surface area is 106 Å². The molecule has 0 bridgehead atoms. The molecular formula is C14H15ClO2. The molecule has 90 valence electrons. The van der Waals surface area contributed by atoms with E-state index in [0.29, 0.717) is 6.42 Å². The zero-order chi connectivity index (χ0) is 12.3. The maximum Gasteiger partial charge on any atom is 0.115 e. The van der Waals surface area contributed by atoms with Gasteiger partial charge in [0.05, 0.1) is 6.10 Å². The first kappa shape index (κ1) is 12.2. The second kappa shape index (κ2) is 5.39. The fourth-order valence-electron chi connectivity index (χ4n) is 1.86. The van der Waals surface area contributed by atoms with Gasteiger partial charge in [-0.05, 0) is 36.1 Å².